The molecule has 104 valence electrons. The number of imidazole rings is 1. The van der Waals surface area contributed by atoms with Gasteiger partial charge in [0.1, 0.15) is 5.65 Å². The molecule has 0 unspecified atom stereocenters. The zero-order valence-corrected chi connectivity index (χ0v) is 11.6. The van der Waals surface area contributed by atoms with Gasteiger partial charge in [-0.1, -0.05) is 11.8 Å². The number of aromatic nitrogens is 2. The summed E-state index contributed by atoms with van der Waals surface area (Å²) in [5, 5.41) is 0. The molecule has 3 aromatic rings. The molecule has 0 atom stereocenters. The minimum atomic E-state index is -0.450. The Bertz CT molecular complexity index is 960. The van der Waals surface area contributed by atoms with E-state index in [1.54, 1.807) is 30.5 Å². The lowest BCUT2D eigenvalue weighted by molar-refractivity contribution is 0.100. The molecular weight excluding hydrogens is 274 g/mol. The first kappa shape index (κ1) is 13.5. The van der Waals surface area contributed by atoms with Gasteiger partial charge in [0, 0.05) is 35.3 Å². The number of carbonyl (C=O) groups excluding carboxylic acids is 1. The van der Waals surface area contributed by atoms with E-state index in [1.807, 2.05) is 28.9 Å². The fourth-order valence-electron chi connectivity index (χ4n) is 1.92. The molecule has 22 heavy (non-hydrogen) atoms. The maximum Gasteiger partial charge on any atom is 0.248 e. The van der Waals surface area contributed by atoms with Crippen LogP contribution in [-0.4, -0.2) is 15.3 Å². The summed E-state index contributed by atoms with van der Waals surface area (Å²) in [7, 11) is 0. The summed E-state index contributed by atoms with van der Waals surface area (Å²) < 4.78 is 1.90. The molecule has 0 aliphatic heterocycles. The number of primary amides is 1. The van der Waals surface area contributed by atoms with Gasteiger partial charge in [-0.25, -0.2) is 4.98 Å². The van der Waals surface area contributed by atoms with Crippen LogP contribution in [0, 0.1) is 23.7 Å². The third kappa shape index (κ3) is 2.98. The fraction of sp³-hybridized carbons (Fsp3) is 0. The van der Waals surface area contributed by atoms with Crippen LogP contribution in [0.2, 0.25) is 0 Å². The van der Waals surface area contributed by atoms with Crippen molar-refractivity contribution in [3.8, 4) is 23.7 Å². The first-order valence-electron chi connectivity index (χ1n) is 6.57. The zero-order chi connectivity index (χ0) is 15.4. The molecule has 2 heterocycles. The Labute approximate surface area is 127 Å². The lowest BCUT2D eigenvalue weighted by atomic mass is 10.1. The lowest BCUT2D eigenvalue weighted by Gasteiger charge is -1.94. The molecule has 0 spiro atoms. The number of rotatable bonds is 1. The van der Waals surface area contributed by atoms with Gasteiger partial charge in [0.05, 0.1) is 0 Å². The van der Waals surface area contributed by atoms with E-state index in [-0.39, 0.29) is 0 Å². The first-order valence-corrected chi connectivity index (χ1v) is 6.57. The average molecular weight is 285 g/mol. The molecule has 0 bridgehead atoms. The maximum absolute atomic E-state index is 11.0. The predicted molar refractivity (Wildman–Crippen MR) is 83.9 cm³/mol. The molecule has 3 rings (SSSR count). The number of benzene rings is 1. The van der Waals surface area contributed by atoms with Crippen LogP contribution in [0.15, 0.2) is 55.0 Å². The number of amides is 1. The van der Waals surface area contributed by atoms with Gasteiger partial charge in [0.2, 0.25) is 5.91 Å². The van der Waals surface area contributed by atoms with Crippen LogP contribution in [0.25, 0.3) is 5.65 Å². The van der Waals surface area contributed by atoms with Crippen molar-refractivity contribution in [1.29, 1.82) is 0 Å². The average Bonchev–Trinajstić information content (AvgIpc) is 2.99. The monoisotopic (exact) mass is 285 g/mol. The van der Waals surface area contributed by atoms with E-state index in [1.165, 1.54) is 0 Å². The van der Waals surface area contributed by atoms with Gasteiger partial charge in [0.25, 0.3) is 0 Å². The van der Waals surface area contributed by atoms with Crippen LogP contribution < -0.4 is 5.73 Å². The molecule has 0 saturated carbocycles. The van der Waals surface area contributed by atoms with E-state index < -0.39 is 5.91 Å². The smallest absolute Gasteiger partial charge is 0.248 e. The van der Waals surface area contributed by atoms with Crippen molar-refractivity contribution in [2.45, 2.75) is 0 Å². The van der Waals surface area contributed by atoms with Gasteiger partial charge in [-0.05, 0) is 48.2 Å². The molecule has 0 saturated heterocycles. The highest BCUT2D eigenvalue weighted by atomic mass is 16.1. The molecule has 2 aromatic heterocycles. The van der Waals surface area contributed by atoms with Crippen molar-refractivity contribution in [2.75, 3.05) is 0 Å². The van der Waals surface area contributed by atoms with Crippen molar-refractivity contribution in [1.82, 2.24) is 9.38 Å². The topological polar surface area (TPSA) is 60.4 Å². The number of carbonyl (C=O) groups is 1. The van der Waals surface area contributed by atoms with Crippen molar-refractivity contribution >= 4 is 11.6 Å². The van der Waals surface area contributed by atoms with Gasteiger partial charge >= 0.3 is 0 Å². The highest BCUT2D eigenvalue weighted by molar-refractivity contribution is 5.92. The SMILES string of the molecule is NC(=O)c1ccc(C#CC#Cc2ccc3nccn3c2)cc1. The molecule has 2 N–H and O–H groups in total. The molecular formula is C18H11N3O. The van der Waals surface area contributed by atoms with E-state index in [0.717, 1.165) is 16.8 Å². The van der Waals surface area contributed by atoms with Crippen molar-refractivity contribution in [2.24, 2.45) is 5.73 Å². The predicted octanol–water partition coefficient (Wildman–Crippen LogP) is 1.84. The summed E-state index contributed by atoms with van der Waals surface area (Å²) in [5.74, 6) is 11.0. The Morgan fingerprint density at radius 2 is 1.68 bits per heavy atom. The molecule has 0 aliphatic rings. The minimum absolute atomic E-state index is 0.450. The highest BCUT2D eigenvalue weighted by Crippen LogP contribution is 2.03. The lowest BCUT2D eigenvalue weighted by Crippen LogP contribution is -2.10. The van der Waals surface area contributed by atoms with E-state index in [0.29, 0.717) is 5.56 Å². The molecule has 1 aromatic carbocycles. The number of hydrogen-bond acceptors (Lipinski definition) is 2. The van der Waals surface area contributed by atoms with E-state index in [9.17, 15) is 4.79 Å². The van der Waals surface area contributed by atoms with Gasteiger partial charge in [0.15, 0.2) is 0 Å². The largest absolute Gasteiger partial charge is 0.366 e. The summed E-state index contributed by atoms with van der Waals surface area (Å²) in [5.41, 5.74) is 8.17. The number of fused-ring (bicyclic) bond motifs is 1. The second-order valence-corrected chi connectivity index (χ2v) is 4.55. The van der Waals surface area contributed by atoms with Crippen LogP contribution in [0.5, 0.6) is 0 Å². The van der Waals surface area contributed by atoms with Crippen molar-refractivity contribution in [3.05, 3.63) is 71.7 Å². The molecule has 0 fully saturated rings. The third-order valence-corrected chi connectivity index (χ3v) is 3.03. The van der Waals surface area contributed by atoms with Gasteiger partial charge < -0.3 is 10.1 Å². The molecule has 1 amide bonds. The number of hydrogen-bond donors (Lipinski definition) is 1. The summed E-state index contributed by atoms with van der Waals surface area (Å²) >= 11 is 0. The second-order valence-electron chi connectivity index (χ2n) is 4.55. The van der Waals surface area contributed by atoms with E-state index in [4.69, 9.17) is 5.73 Å². The van der Waals surface area contributed by atoms with Crippen LogP contribution >= 0.6 is 0 Å². The quantitative estimate of drug-likeness (QED) is 0.693. The van der Waals surface area contributed by atoms with Crippen LogP contribution in [0.1, 0.15) is 21.5 Å². The standard InChI is InChI=1S/C18H11N3O/c19-18(22)16-8-5-14(6-9-16)3-1-2-4-15-7-10-17-20-11-12-21(17)13-15/h5-13H,(H2,19,22). The normalized spacial score (nSPS) is 9.45. The fourth-order valence-corrected chi connectivity index (χ4v) is 1.92. The number of nitrogens with zero attached hydrogens (tertiary/aromatic N) is 2. The van der Waals surface area contributed by atoms with Crippen molar-refractivity contribution < 1.29 is 4.79 Å². The van der Waals surface area contributed by atoms with E-state index in [2.05, 4.69) is 28.7 Å². The Morgan fingerprint density at radius 3 is 2.41 bits per heavy atom. The highest BCUT2D eigenvalue weighted by Gasteiger charge is 1.97. The summed E-state index contributed by atoms with van der Waals surface area (Å²) in [4.78, 5) is 15.1. The van der Waals surface area contributed by atoms with Crippen LogP contribution in [-0.2, 0) is 0 Å². The summed E-state index contributed by atoms with van der Waals surface area (Å²) in [6, 6.07) is 10.6. The second kappa shape index (κ2) is 5.87. The van der Waals surface area contributed by atoms with Crippen molar-refractivity contribution in [3.63, 3.8) is 0 Å². The zero-order valence-electron chi connectivity index (χ0n) is 11.6. The Balaban J connectivity index is 1.76. The Hall–Kier alpha value is -3.50. The number of nitrogens with two attached hydrogens (primary N) is 1. The Morgan fingerprint density at radius 1 is 1.00 bits per heavy atom. The van der Waals surface area contributed by atoms with Crippen LogP contribution in [0.4, 0.5) is 0 Å². The number of pyridine rings is 1. The molecule has 0 radical (unpaired) electrons. The first-order chi connectivity index (χ1) is 10.7. The van der Waals surface area contributed by atoms with E-state index >= 15 is 0 Å². The van der Waals surface area contributed by atoms with Gasteiger partial charge in [-0.2, -0.15) is 0 Å². The van der Waals surface area contributed by atoms with Crippen LogP contribution in [0.3, 0.4) is 0 Å². The summed E-state index contributed by atoms with van der Waals surface area (Å²) in [6.45, 7) is 0. The van der Waals surface area contributed by atoms with Gasteiger partial charge in [-0.15, -0.1) is 0 Å². The Kier molecular flexibility index (Phi) is 3.59. The minimum Gasteiger partial charge on any atom is -0.366 e. The molecule has 4 nitrogen and oxygen atoms in total. The molecule has 0 aliphatic carbocycles. The van der Waals surface area contributed by atoms with Gasteiger partial charge in [-0.3, -0.25) is 4.79 Å². The molecule has 4 heteroatoms. The maximum atomic E-state index is 11.0. The summed E-state index contributed by atoms with van der Waals surface area (Å²) in [6.07, 6.45) is 5.51. The third-order valence-electron chi connectivity index (χ3n) is 3.03.